The molecular formula is C19H27ClO5. The number of benzene rings is 1. The third kappa shape index (κ3) is 6.94. The normalized spacial score (nSPS) is 10.4. The van der Waals surface area contributed by atoms with Gasteiger partial charge in [-0.05, 0) is 38.8 Å². The van der Waals surface area contributed by atoms with Gasteiger partial charge in [-0.15, -0.1) is 11.6 Å². The first-order valence-corrected chi connectivity index (χ1v) is 9.22. The molecule has 5 nitrogen and oxygen atoms in total. The van der Waals surface area contributed by atoms with Crippen molar-refractivity contribution >= 4 is 23.4 Å². The van der Waals surface area contributed by atoms with E-state index in [2.05, 4.69) is 6.92 Å². The van der Waals surface area contributed by atoms with Crippen LogP contribution >= 0.6 is 11.6 Å². The first-order chi connectivity index (χ1) is 12.0. The molecule has 0 fully saturated rings. The Hall–Kier alpha value is -1.75. The van der Waals surface area contributed by atoms with Crippen molar-refractivity contribution in [3.8, 4) is 11.5 Å². The number of Topliss-reactive ketones (excluding diaryl/α,β-unsaturated/α-hetero) is 1. The van der Waals surface area contributed by atoms with Gasteiger partial charge in [0.15, 0.2) is 5.78 Å². The van der Waals surface area contributed by atoms with Gasteiger partial charge in [-0.25, -0.2) is 0 Å². The van der Waals surface area contributed by atoms with Crippen molar-refractivity contribution in [2.75, 3.05) is 25.7 Å². The fraction of sp³-hybridized carbons (Fsp3) is 0.579. The largest absolute Gasteiger partial charge is 0.492 e. The molecule has 0 aliphatic heterocycles. The molecule has 0 amide bonds. The number of rotatable bonds is 12. The van der Waals surface area contributed by atoms with Gasteiger partial charge in [0.05, 0.1) is 24.7 Å². The molecule has 25 heavy (non-hydrogen) atoms. The molecule has 0 saturated heterocycles. The Morgan fingerprint density at radius 2 is 1.88 bits per heavy atom. The lowest BCUT2D eigenvalue weighted by Gasteiger charge is -2.18. The predicted molar refractivity (Wildman–Crippen MR) is 98.0 cm³/mol. The van der Waals surface area contributed by atoms with E-state index >= 15 is 0 Å². The predicted octanol–water partition coefficient (Wildman–Crippen LogP) is 4.18. The van der Waals surface area contributed by atoms with Crippen molar-refractivity contribution in [2.24, 2.45) is 0 Å². The van der Waals surface area contributed by atoms with Crippen LogP contribution in [0.1, 0.15) is 56.0 Å². The topological polar surface area (TPSA) is 61.8 Å². The second-order valence-corrected chi connectivity index (χ2v) is 5.90. The lowest BCUT2D eigenvalue weighted by Crippen LogP contribution is -2.11. The summed E-state index contributed by atoms with van der Waals surface area (Å²) in [6.07, 6.45) is 2.42. The molecule has 0 N–H and O–H groups in total. The van der Waals surface area contributed by atoms with E-state index in [1.807, 2.05) is 0 Å². The second kappa shape index (κ2) is 11.7. The summed E-state index contributed by atoms with van der Waals surface area (Å²) >= 11 is 5.71. The maximum absolute atomic E-state index is 12.0. The molecule has 1 rings (SSSR count). The van der Waals surface area contributed by atoms with E-state index in [0.29, 0.717) is 49.2 Å². The van der Waals surface area contributed by atoms with Gasteiger partial charge in [-0.1, -0.05) is 13.3 Å². The summed E-state index contributed by atoms with van der Waals surface area (Å²) in [6.45, 7) is 6.42. The molecule has 0 radical (unpaired) electrons. The molecule has 0 unspecified atom stereocenters. The Labute approximate surface area is 154 Å². The highest BCUT2D eigenvalue weighted by Crippen LogP contribution is 2.34. The molecular weight excluding hydrogens is 344 g/mol. The fourth-order valence-electron chi connectivity index (χ4n) is 2.45. The molecule has 0 aromatic heterocycles. The van der Waals surface area contributed by atoms with Gasteiger partial charge >= 0.3 is 5.97 Å². The Kier molecular flexibility index (Phi) is 10.0. The number of ether oxygens (including phenoxy) is 3. The molecule has 0 atom stereocenters. The van der Waals surface area contributed by atoms with E-state index < -0.39 is 0 Å². The zero-order valence-electron chi connectivity index (χ0n) is 15.2. The van der Waals surface area contributed by atoms with Crippen LogP contribution < -0.4 is 9.47 Å². The lowest BCUT2D eigenvalue weighted by molar-refractivity contribution is -0.143. The van der Waals surface area contributed by atoms with Crippen LogP contribution in [0.15, 0.2) is 12.1 Å². The number of hydrogen-bond donors (Lipinski definition) is 0. The van der Waals surface area contributed by atoms with Gasteiger partial charge in [0.1, 0.15) is 18.1 Å². The van der Waals surface area contributed by atoms with E-state index in [1.165, 1.54) is 6.92 Å². The number of halogens is 1. The fourth-order valence-corrected chi connectivity index (χ4v) is 2.52. The zero-order chi connectivity index (χ0) is 18.7. The highest BCUT2D eigenvalue weighted by molar-refractivity contribution is 6.18. The van der Waals surface area contributed by atoms with Gasteiger partial charge in [-0.3, -0.25) is 9.59 Å². The van der Waals surface area contributed by atoms with Crippen molar-refractivity contribution in [3.63, 3.8) is 0 Å². The Morgan fingerprint density at radius 1 is 1.12 bits per heavy atom. The summed E-state index contributed by atoms with van der Waals surface area (Å²) in [5, 5.41) is 0. The highest BCUT2D eigenvalue weighted by Gasteiger charge is 2.18. The number of ketones is 1. The average Bonchev–Trinajstić information content (AvgIpc) is 2.58. The maximum atomic E-state index is 12.0. The molecule has 0 bridgehead atoms. The number of alkyl halides is 1. The molecule has 0 heterocycles. The van der Waals surface area contributed by atoms with E-state index in [4.69, 9.17) is 25.8 Å². The van der Waals surface area contributed by atoms with E-state index in [-0.39, 0.29) is 18.2 Å². The SMILES string of the molecule is CCCc1c(OCCCl)ccc(C(C)=O)c1OCCCC(=O)OCC. The van der Waals surface area contributed by atoms with Crippen molar-refractivity contribution in [1.82, 2.24) is 0 Å². The molecule has 0 aliphatic carbocycles. The molecule has 140 valence electrons. The first kappa shape index (κ1) is 21.3. The molecule has 0 saturated carbocycles. The smallest absolute Gasteiger partial charge is 0.305 e. The summed E-state index contributed by atoms with van der Waals surface area (Å²) in [7, 11) is 0. The lowest BCUT2D eigenvalue weighted by atomic mass is 10.0. The van der Waals surface area contributed by atoms with E-state index in [1.54, 1.807) is 19.1 Å². The van der Waals surface area contributed by atoms with Crippen LogP contribution in [0.3, 0.4) is 0 Å². The summed E-state index contributed by atoms with van der Waals surface area (Å²) in [6, 6.07) is 3.51. The Bertz CT molecular complexity index is 571. The van der Waals surface area contributed by atoms with Crippen LogP contribution in [-0.2, 0) is 16.0 Å². The van der Waals surface area contributed by atoms with Crippen molar-refractivity contribution in [3.05, 3.63) is 23.3 Å². The van der Waals surface area contributed by atoms with Gasteiger partial charge in [-0.2, -0.15) is 0 Å². The van der Waals surface area contributed by atoms with Gasteiger partial charge in [0.25, 0.3) is 0 Å². The van der Waals surface area contributed by atoms with Crippen LogP contribution in [0, 0.1) is 0 Å². The molecule has 1 aromatic rings. The number of carbonyl (C=O) groups is 2. The minimum atomic E-state index is -0.245. The zero-order valence-corrected chi connectivity index (χ0v) is 16.0. The molecule has 0 aliphatic rings. The van der Waals surface area contributed by atoms with Crippen molar-refractivity contribution in [1.29, 1.82) is 0 Å². The van der Waals surface area contributed by atoms with Crippen LogP contribution in [0.5, 0.6) is 11.5 Å². The number of carbonyl (C=O) groups excluding carboxylic acids is 2. The van der Waals surface area contributed by atoms with E-state index in [9.17, 15) is 9.59 Å². The molecule has 6 heteroatoms. The van der Waals surface area contributed by atoms with Gasteiger partial charge < -0.3 is 14.2 Å². The van der Waals surface area contributed by atoms with Crippen LogP contribution in [0.4, 0.5) is 0 Å². The van der Waals surface area contributed by atoms with Crippen LogP contribution in [0.25, 0.3) is 0 Å². The summed E-state index contributed by atoms with van der Waals surface area (Å²) in [4.78, 5) is 23.4. The van der Waals surface area contributed by atoms with Crippen LogP contribution in [0.2, 0.25) is 0 Å². The summed E-state index contributed by atoms with van der Waals surface area (Å²) in [5.41, 5.74) is 1.40. The highest BCUT2D eigenvalue weighted by atomic mass is 35.5. The minimum Gasteiger partial charge on any atom is -0.492 e. The monoisotopic (exact) mass is 370 g/mol. The molecule has 1 aromatic carbocycles. The van der Waals surface area contributed by atoms with Gasteiger partial charge in [0, 0.05) is 12.0 Å². The van der Waals surface area contributed by atoms with Crippen molar-refractivity contribution in [2.45, 2.75) is 46.5 Å². The van der Waals surface area contributed by atoms with E-state index in [0.717, 1.165) is 18.4 Å². The van der Waals surface area contributed by atoms with Crippen molar-refractivity contribution < 1.29 is 23.8 Å². The standard InChI is InChI=1S/C19H27ClO5/c1-4-7-16-17(24-13-11-20)10-9-15(14(3)21)19(16)25-12-6-8-18(22)23-5-2/h9-10H,4-8,11-13H2,1-3H3. The number of hydrogen-bond acceptors (Lipinski definition) is 5. The Balaban J connectivity index is 2.94. The number of esters is 1. The second-order valence-electron chi connectivity index (χ2n) is 5.52. The quantitative estimate of drug-likeness (QED) is 0.239. The van der Waals surface area contributed by atoms with Gasteiger partial charge in [0.2, 0.25) is 0 Å². The summed E-state index contributed by atoms with van der Waals surface area (Å²) in [5.74, 6) is 1.31. The Morgan fingerprint density at radius 3 is 2.48 bits per heavy atom. The van der Waals surface area contributed by atoms with Crippen LogP contribution in [-0.4, -0.2) is 37.5 Å². The third-order valence-electron chi connectivity index (χ3n) is 3.51. The average molecular weight is 371 g/mol. The maximum Gasteiger partial charge on any atom is 0.305 e. The molecule has 0 spiro atoms. The minimum absolute atomic E-state index is 0.0679. The summed E-state index contributed by atoms with van der Waals surface area (Å²) < 4.78 is 16.5. The first-order valence-electron chi connectivity index (χ1n) is 8.69. The third-order valence-corrected chi connectivity index (χ3v) is 3.66.